The first-order valence-electron chi connectivity index (χ1n) is 6.16. The smallest absolute Gasteiger partial charge is 0.252 e. The van der Waals surface area contributed by atoms with Gasteiger partial charge in [-0.3, -0.25) is 4.79 Å². The first kappa shape index (κ1) is 13.7. The lowest BCUT2D eigenvalue weighted by Crippen LogP contribution is -2.33. The van der Waals surface area contributed by atoms with Crippen molar-refractivity contribution in [2.24, 2.45) is 0 Å². The van der Waals surface area contributed by atoms with E-state index in [1.165, 1.54) is 12.8 Å². The van der Waals surface area contributed by atoms with Gasteiger partial charge in [0.25, 0.3) is 5.91 Å². The van der Waals surface area contributed by atoms with Crippen LogP contribution in [-0.2, 0) is 0 Å². The number of halogens is 1. The van der Waals surface area contributed by atoms with Crippen LogP contribution in [-0.4, -0.2) is 37.0 Å². The quantitative estimate of drug-likeness (QED) is 0.833. The Morgan fingerprint density at radius 1 is 1.39 bits per heavy atom. The van der Waals surface area contributed by atoms with Crippen LogP contribution in [0.3, 0.4) is 0 Å². The van der Waals surface area contributed by atoms with Gasteiger partial charge in [0.1, 0.15) is 0 Å². The number of rotatable bonds is 4. The van der Waals surface area contributed by atoms with Crippen LogP contribution in [0.1, 0.15) is 23.2 Å². The average molecular weight is 285 g/mol. The van der Waals surface area contributed by atoms with Gasteiger partial charge in [-0.2, -0.15) is 0 Å². The van der Waals surface area contributed by atoms with Crippen molar-refractivity contribution >= 4 is 30.1 Å². The summed E-state index contributed by atoms with van der Waals surface area (Å²) in [6.45, 7) is 3.85. The van der Waals surface area contributed by atoms with Crippen molar-refractivity contribution in [3.63, 3.8) is 0 Å². The number of carbonyl (C=O) groups excluding carboxylic acids is 1. The molecular weight excluding hydrogens is 268 g/mol. The maximum absolute atomic E-state index is 11.9. The normalized spacial score (nSPS) is 15.9. The van der Waals surface area contributed by atoms with Crippen molar-refractivity contribution in [1.82, 2.24) is 10.2 Å². The second kappa shape index (κ2) is 6.45. The van der Waals surface area contributed by atoms with Crippen LogP contribution in [0.25, 0.3) is 0 Å². The predicted molar refractivity (Wildman–Crippen MR) is 76.7 cm³/mol. The molecule has 1 fully saturated rings. The largest absolute Gasteiger partial charge is 0.351 e. The number of likely N-dealkylation sites (tertiary alicyclic amines) is 1. The molecule has 1 aromatic rings. The third-order valence-electron chi connectivity index (χ3n) is 3.11. The van der Waals surface area contributed by atoms with E-state index in [2.05, 4.69) is 22.8 Å². The van der Waals surface area contributed by atoms with E-state index in [-0.39, 0.29) is 5.91 Å². The van der Waals surface area contributed by atoms with Gasteiger partial charge < -0.3 is 10.2 Å². The standard InChI is InChI=1S/C13H17ClN2OS/c14-12-4-3-10(18)9-11(12)13(17)15-5-8-16-6-1-2-7-16/h3-4,9,18H,1-2,5-8H2,(H,15,17). The Hall–Kier alpha value is -0.710. The Balaban J connectivity index is 1.85. The number of carbonyl (C=O) groups is 1. The molecule has 1 N–H and O–H groups in total. The average Bonchev–Trinajstić information content (AvgIpc) is 2.85. The number of hydrogen-bond acceptors (Lipinski definition) is 3. The number of thiol groups is 1. The molecule has 1 aliphatic rings. The lowest BCUT2D eigenvalue weighted by atomic mass is 10.2. The molecule has 0 saturated carbocycles. The molecule has 0 aliphatic carbocycles. The van der Waals surface area contributed by atoms with Crippen LogP contribution in [0, 0.1) is 0 Å². The van der Waals surface area contributed by atoms with E-state index < -0.39 is 0 Å². The van der Waals surface area contributed by atoms with E-state index in [0.717, 1.165) is 24.5 Å². The van der Waals surface area contributed by atoms with Crippen LogP contribution < -0.4 is 5.32 Å². The molecule has 1 aromatic carbocycles. The fourth-order valence-electron chi connectivity index (χ4n) is 2.12. The first-order valence-corrected chi connectivity index (χ1v) is 6.98. The zero-order valence-corrected chi connectivity index (χ0v) is 11.8. The monoisotopic (exact) mass is 284 g/mol. The summed E-state index contributed by atoms with van der Waals surface area (Å²) in [5, 5.41) is 3.36. The van der Waals surface area contributed by atoms with Gasteiger partial charge in [-0.05, 0) is 44.1 Å². The molecule has 18 heavy (non-hydrogen) atoms. The summed E-state index contributed by atoms with van der Waals surface area (Å²) in [7, 11) is 0. The molecule has 2 rings (SSSR count). The SMILES string of the molecule is O=C(NCCN1CCCC1)c1cc(S)ccc1Cl. The van der Waals surface area contributed by atoms with Gasteiger partial charge in [-0.15, -0.1) is 12.6 Å². The molecular formula is C13H17ClN2OS. The highest BCUT2D eigenvalue weighted by atomic mass is 35.5. The summed E-state index contributed by atoms with van der Waals surface area (Å²) in [5.41, 5.74) is 0.491. The number of hydrogen-bond donors (Lipinski definition) is 2. The number of amides is 1. The van der Waals surface area contributed by atoms with Gasteiger partial charge in [-0.1, -0.05) is 11.6 Å². The lowest BCUT2D eigenvalue weighted by molar-refractivity contribution is 0.0949. The lowest BCUT2D eigenvalue weighted by Gasteiger charge is -2.15. The van der Waals surface area contributed by atoms with E-state index in [4.69, 9.17) is 11.6 Å². The number of nitrogens with zero attached hydrogens (tertiary/aromatic N) is 1. The Labute approximate surface area is 118 Å². The Morgan fingerprint density at radius 2 is 2.11 bits per heavy atom. The summed E-state index contributed by atoms with van der Waals surface area (Å²) >= 11 is 10.2. The highest BCUT2D eigenvalue weighted by Crippen LogP contribution is 2.19. The van der Waals surface area contributed by atoms with Crippen LogP contribution in [0.2, 0.25) is 5.02 Å². The van der Waals surface area contributed by atoms with Crippen molar-refractivity contribution in [3.05, 3.63) is 28.8 Å². The van der Waals surface area contributed by atoms with Crippen molar-refractivity contribution < 1.29 is 4.79 Å². The van der Waals surface area contributed by atoms with Gasteiger partial charge in [-0.25, -0.2) is 0 Å². The molecule has 0 radical (unpaired) electrons. The van der Waals surface area contributed by atoms with Gasteiger partial charge in [0.05, 0.1) is 10.6 Å². The summed E-state index contributed by atoms with van der Waals surface area (Å²) in [6, 6.07) is 5.16. The summed E-state index contributed by atoms with van der Waals surface area (Å²) in [5.74, 6) is -0.130. The van der Waals surface area contributed by atoms with E-state index in [9.17, 15) is 4.79 Å². The summed E-state index contributed by atoms with van der Waals surface area (Å²) in [4.78, 5) is 15.0. The molecule has 0 atom stereocenters. The molecule has 1 aliphatic heterocycles. The van der Waals surface area contributed by atoms with Gasteiger partial charge in [0.2, 0.25) is 0 Å². The molecule has 1 saturated heterocycles. The fraction of sp³-hybridized carbons (Fsp3) is 0.462. The van der Waals surface area contributed by atoms with Gasteiger partial charge >= 0.3 is 0 Å². The van der Waals surface area contributed by atoms with Crippen molar-refractivity contribution in [3.8, 4) is 0 Å². The third kappa shape index (κ3) is 3.64. The van der Waals surface area contributed by atoms with E-state index in [1.54, 1.807) is 18.2 Å². The van der Waals surface area contributed by atoms with Gasteiger partial charge in [0, 0.05) is 18.0 Å². The minimum atomic E-state index is -0.130. The Morgan fingerprint density at radius 3 is 2.83 bits per heavy atom. The topological polar surface area (TPSA) is 32.3 Å². The molecule has 0 unspecified atom stereocenters. The molecule has 3 nitrogen and oxygen atoms in total. The molecule has 1 heterocycles. The molecule has 1 amide bonds. The number of benzene rings is 1. The van der Waals surface area contributed by atoms with E-state index in [1.807, 2.05) is 0 Å². The molecule has 98 valence electrons. The maximum atomic E-state index is 11.9. The molecule has 5 heteroatoms. The summed E-state index contributed by atoms with van der Waals surface area (Å²) in [6.07, 6.45) is 2.53. The van der Waals surface area contributed by atoms with Crippen LogP contribution in [0.5, 0.6) is 0 Å². The third-order valence-corrected chi connectivity index (χ3v) is 3.71. The van der Waals surface area contributed by atoms with Crippen molar-refractivity contribution in [2.45, 2.75) is 17.7 Å². The molecule has 0 spiro atoms. The Bertz CT molecular complexity index is 433. The highest BCUT2D eigenvalue weighted by molar-refractivity contribution is 7.80. The molecule has 0 aromatic heterocycles. The van der Waals surface area contributed by atoms with Crippen LogP contribution in [0.15, 0.2) is 23.1 Å². The van der Waals surface area contributed by atoms with Gasteiger partial charge in [0.15, 0.2) is 0 Å². The zero-order chi connectivity index (χ0) is 13.0. The first-order chi connectivity index (χ1) is 8.66. The fourth-order valence-corrected chi connectivity index (χ4v) is 2.52. The second-order valence-corrected chi connectivity index (χ2v) is 5.39. The minimum absolute atomic E-state index is 0.130. The molecule has 0 bridgehead atoms. The van der Waals surface area contributed by atoms with Crippen molar-refractivity contribution in [1.29, 1.82) is 0 Å². The number of nitrogens with one attached hydrogen (secondary N) is 1. The van der Waals surface area contributed by atoms with Crippen LogP contribution in [0.4, 0.5) is 0 Å². The Kier molecular flexibility index (Phi) is 4.92. The van der Waals surface area contributed by atoms with Crippen LogP contribution >= 0.6 is 24.2 Å². The predicted octanol–water partition coefficient (Wildman–Crippen LogP) is 2.45. The van der Waals surface area contributed by atoms with E-state index >= 15 is 0 Å². The zero-order valence-electron chi connectivity index (χ0n) is 10.2. The van der Waals surface area contributed by atoms with E-state index in [0.29, 0.717) is 17.1 Å². The minimum Gasteiger partial charge on any atom is -0.351 e. The summed E-state index contributed by atoms with van der Waals surface area (Å²) < 4.78 is 0. The maximum Gasteiger partial charge on any atom is 0.252 e. The van der Waals surface area contributed by atoms with Crippen molar-refractivity contribution in [2.75, 3.05) is 26.2 Å². The highest BCUT2D eigenvalue weighted by Gasteiger charge is 2.13. The second-order valence-electron chi connectivity index (χ2n) is 4.47.